The zero-order valence-corrected chi connectivity index (χ0v) is 16.3. The molecule has 1 fully saturated rings. The van der Waals surface area contributed by atoms with Crippen molar-refractivity contribution in [2.24, 2.45) is 5.41 Å². The molecule has 146 valence electrons. The SMILES string of the molecule is CC(C)(C)OC(=O)NCC1(C[C@@H](O)COCc2ccccc2)CCCC1. The minimum absolute atomic E-state index is 0.0631. The van der Waals surface area contributed by atoms with Crippen molar-refractivity contribution in [3.63, 3.8) is 0 Å². The molecular weight excluding hydrogens is 330 g/mol. The fourth-order valence-corrected chi connectivity index (χ4v) is 3.60. The Morgan fingerprint density at radius 2 is 1.88 bits per heavy atom. The van der Waals surface area contributed by atoms with Crippen molar-refractivity contribution >= 4 is 6.09 Å². The molecule has 1 saturated carbocycles. The standard InChI is InChI=1S/C21H33NO4/c1-20(2,3)26-19(24)22-16-21(11-7-8-12-21)13-18(23)15-25-14-17-9-5-4-6-10-17/h4-6,9-10,18,23H,7-8,11-16H2,1-3H3,(H,22,24)/t18-/m1/s1. The third-order valence-corrected chi connectivity index (χ3v) is 4.76. The number of hydrogen-bond donors (Lipinski definition) is 2. The molecule has 0 heterocycles. The Morgan fingerprint density at radius 3 is 2.50 bits per heavy atom. The van der Waals surface area contributed by atoms with E-state index in [9.17, 15) is 9.90 Å². The lowest BCUT2D eigenvalue weighted by Crippen LogP contribution is -2.41. The molecule has 0 radical (unpaired) electrons. The van der Waals surface area contributed by atoms with Crippen molar-refractivity contribution in [3.8, 4) is 0 Å². The fourth-order valence-electron chi connectivity index (χ4n) is 3.60. The highest BCUT2D eigenvalue weighted by molar-refractivity contribution is 5.67. The Balaban J connectivity index is 1.77. The Kier molecular flexibility index (Phi) is 7.47. The van der Waals surface area contributed by atoms with Gasteiger partial charge in [-0.15, -0.1) is 0 Å². The van der Waals surface area contributed by atoms with Gasteiger partial charge < -0.3 is 19.9 Å². The van der Waals surface area contributed by atoms with Crippen LogP contribution in [-0.4, -0.2) is 36.1 Å². The van der Waals surface area contributed by atoms with Gasteiger partial charge in [-0.05, 0) is 51.0 Å². The summed E-state index contributed by atoms with van der Waals surface area (Å²) in [4.78, 5) is 12.0. The number of carbonyl (C=O) groups is 1. The first-order valence-corrected chi connectivity index (χ1v) is 9.55. The molecule has 2 rings (SSSR count). The number of ether oxygens (including phenoxy) is 2. The molecular formula is C21H33NO4. The smallest absolute Gasteiger partial charge is 0.407 e. The second-order valence-corrected chi connectivity index (χ2v) is 8.42. The highest BCUT2D eigenvalue weighted by Gasteiger charge is 2.36. The van der Waals surface area contributed by atoms with E-state index in [1.54, 1.807) is 0 Å². The normalized spacial score (nSPS) is 17.7. The maximum Gasteiger partial charge on any atom is 0.407 e. The predicted octanol–water partition coefficient (Wildman–Crippen LogP) is 4.04. The van der Waals surface area contributed by atoms with Gasteiger partial charge in [-0.2, -0.15) is 0 Å². The average molecular weight is 363 g/mol. The Hall–Kier alpha value is -1.59. The zero-order valence-electron chi connectivity index (χ0n) is 16.3. The molecule has 0 spiro atoms. The molecule has 1 aliphatic carbocycles. The number of aliphatic hydroxyl groups excluding tert-OH is 1. The van der Waals surface area contributed by atoms with E-state index in [1.165, 1.54) is 0 Å². The van der Waals surface area contributed by atoms with E-state index in [0.29, 0.717) is 26.2 Å². The number of alkyl carbamates (subject to hydrolysis) is 1. The maximum atomic E-state index is 12.0. The molecule has 1 atom stereocenters. The first kappa shape index (κ1) is 20.7. The molecule has 0 aliphatic heterocycles. The predicted molar refractivity (Wildman–Crippen MR) is 102 cm³/mol. The lowest BCUT2D eigenvalue weighted by molar-refractivity contribution is 0.000774. The molecule has 0 bridgehead atoms. The van der Waals surface area contributed by atoms with Gasteiger partial charge in [-0.3, -0.25) is 0 Å². The summed E-state index contributed by atoms with van der Waals surface area (Å²) < 4.78 is 11.0. The molecule has 26 heavy (non-hydrogen) atoms. The van der Waals surface area contributed by atoms with E-state index in [4.69, 9.17) is 9.47 Å². The van der Waals surface area contributed by atoms with Crippen LogP contribution >= 0.6 is 0 Å². The largest absolute Gasteiger partial charge is 0.444 e. The minimum Gasteiger partial charge on any atom is -0.444 e. The number of nitrogens with one attached hydrogen (secondary N) is 1. The van der Waals surface area contributed by atoms with Crippen LogP contribution < -0.4 is 5.32 Å². The summed E-state index contributed by atoms with van der Waals surface area (Å²) in [5, 5.41) is 13.3. The molecule has 1 aromatic carbocycles. The van der Waals surface area contributed by atoms with Crippen LogP contribution in [0.5, 0.6) is 0 Å². The maximum absolute atomic E-state index is 12.0. The molecule has 5 heteroatoms. The second kappa shape index (κ2) is 9.38. The summed E-state index contributed by atoms with van der Waals surface area (Å²) in [6, 6.07) is 9.95. The van der Waals surface area contributed by atoms with Gasteiger partial charge in [-0.1, -0.05) is 43.2 Å². The van der Waals surface area contributed by atoms with Gasteiger partial charge >= 0.3 is 6.09 Å². The molecule has 0 saturated heterocycles. The Labute approximate surface area is 157 Å². The van der Waals surface area contributed by atoms with E-state index in [2.05, 4.69) is 5.32 Å². The van der Waals surface area contributed by atoms with Crippen LogP contribution in [0.3, 0.4) is 0 Å². The number of amides is 1. The zero-order chi connectivity index (χ0) is 19.0. The lowest BCUT2D eigenvalue weighted by Gasteiger charge is -2.32. The summed E-state index contributed by atoms with van der Waals surface area (Å²) in [6.45, 7) is 6.91. The lowest BCUT2D eigenvalue weighted by atomic mass is 9.80. The van der Waals surface area contributed by atoms with Crippen LogP contribution in [0, 0.1) is 5.41 Å². The number of carbonyl (C=O) groups excluding carboxylic acids is 1. The molecule has 0 aromatic heterocycles. The number of rotatable bonds is 8. The molecule has 1 aromatic rings. The van der Waals surface area contributed by atoms with Gasteiger partial charge in [0.1, 0.15) is 5.60 Å². The van der Waals surface area contributed by atoms with E-state index in [1.807, 2.05) is 51.1 Å². The number of hydrogen-bond acceptors (Lipinski definition) is 4. The van der Waals surface area contributed by atoms with E-state index in [-0.39, 0.29) is 5.41 Å². The summed E-state index contributed by atoms with van der Waals surface area (Å²) in [6.07, 6.45) is 4.01. The van der Waals surface area contributed by atoms with E-state index < -0.39 is 17.8 Å². The number of benzene rings is 1. The Bertz CT molecular complexity index is 547. The molecule has 1 amide bonds. The van der Waals surface area contributed by atoms with Crippen molar-refractivity contribution < 1.29 is 19.4 Å². The van der Waals surface area contributed by atoms with Gasteiger partial charge in [0, 0.05) is 6.54 Å². The van der Waals surface area contributed by atoms with Crippen LogP contribution in [0.25, 0.3) is 0 Å². The summed E-state index contributed by atoms with van der Waals surface area (Å²) in [5.41, 5.74) is 0.534. The average Bonchev–Trinajstić information content (AvgIpc) is 3.01. The molecule has 2 N–H and O–H groups in total. The molecule has 1 aliphatic rings. The highest BCUT2D eigenvalue weighted by atomic mass is 16.6. The second-order valence-electron chi connectivity index (χ2n) is 8.42. The van der Waals surface area contributed by atoms with Crippen molar-refractivity contribution in [1.82, 2.24) is 5.32 Å². The van der Waals surface area contributed by atoms with Gasteiger partial charge in [0.15, 0.2) is 0 Å². The van der Waals surface area contributed by atoms with Crippen LogP contribution in [-0.2, 0) is 16.1 Å². The quantitative estimate of drug-likeness (QED) is 0.731. The Morgan fingerprint density at radius 1 is 1.23 bits per heavy atom. The van der Waals surface area contributed by atoms with Crippen molar-refractivity contribution in [2.75, 3.05) is 13.2 Å². The summed E-state index contributed by atoms with van der Waals surface area (Å²) >= 11 is 0. The monoisotopic (exact) mass is 363 g/mol. The van der Waals surface area contributed by atoms with E-state index >= 15 is 0 Å². The first-order chi connectivity index (χ1) is 12.3. The highest BCUT2D eigenvalue weighted by Crippen LogP contribution is 2.41. The van der Waals surface area contributed by atoms with Crippen LogP contribution in [0.2, 0.25) is 0 Å². The van der Waals surface area contributed by atoms with Crippen molar-refractivity contribution in [1.29, 1.82) is 0 Å². The van der Waals surface area contributed by atoms with Crippen molar-refractivity contribution in [2.45, 2.75) is 71.2 Å². The van der Waals surface area contributed by atoms with Crippen LogP contribution in [0.15, 0.2) is 30.3 Å². The topological polar surface area (TPSA) is 67.8 Å². The first-order valence-electron chi connectivity index (χ1n) is 9.55. The van der Waals surface area contributed by atoms with Crippen molar-refractivity contribution in [3.05, 3.63) is 35.9 Å². The number of aliphatic hydroxyl groups is 1. The van der Waals surface area contributed by atoms with Gasteiger partial charge in [-0.25, -0.2) is 4.79 Å². The summed E-state index contributed by atoms with van der Waals surface area (Å²) in [5.74, 6) is 0. The molecule has 0 unspecified atom stereocenters. The van der Waals surface area contributed by atoms with Crippen LogP contribution in [0.4, 0.5) is 4.79 Å². The van der Waals surface area contributed by atoms with Gasteiger partial charge in [0.25, 0.3) is 0 Å². The minimum atomic E-state index is -0.530. The third kappa shape index (κ3) is 7.34. The van der Waals surface area contributed by atoms with Gasteiger partial charge in [0.05, 0.1) is 19.3 Å². The third-order valence-electron chi connectivity index (χ3n) is 4.76. The summed E-state index contributed by atoms with van der Waals surface area (Å²) in [7, 11) is 0. The van der Waals surface area contributed by atoms with E-state index in [0.717, 1.165) is 31.2 Å². The van der Waals surface area contributed by atoms with Gasteiger partial charge in [0.2, 0.25) is 0 Å². The van der Waals surface area contributed by atoms with Crippen LogP contribution in [0.1, 0.15) is 58.4 Å². The fraction of sp³-hybridized carbons (Fsp3) is 0.667. The molecule has 5 nitrogen and oxygen atoms in total.